The standard InChI is InChI=1S/C15H24/c1-5-9-12-14(8-4)15(11-7-3)13-10-6-2/h7-8,10,13H,3-6,9,11-12H2,1-2H3. The second kappa shape index (κ2) is 9.51. The third-order valence-corrected chi connectivity index (χ3v) is 2.38. The van der Waals surface area contributed by atoms with Crippen LogP contribution in [0, 0.1) is 0 Å². The fraction of sp³-hybridized carbons (Fsp3) is 0.467. The molecule has 0 fully saturated rings. The molecular weight excluding hydrogens is 180 g/mol. The summed E-state index contributed by atoms with van der Waals surface area (Å²) in [5.41, 5.74) is 2.75. The van der Waals surface area contributed by atoms with Crippen molar-refractivity contribution in [2.75, 3.05) is 0 Å². The summed E-state index contributed by atoms with van der Waals surface area (Å²) in [4.78, 5) is 0. The highest BCUT2D eigenvalue weighted by molar-refractivity contribution is 5.33. The third-order valence-electron chi connectivity index (χ3n) is 2.38. The van der Waals surface area contributed by atoms with Crippen LogP contribution in [0.15, 0.2) is 48.6 Å². The average molecular weight is 204 g/mol. The minimum Gasteiger partial charge on any atom is -0.103 e. The zero-order chi connectivity index (χ0) is 11.5. The summed E-state index contributed by atoms with van der Waals surface area (Å²) in [6, 6.07) is 0. The van der Waals surface area contributed by atoms with Gasteiger partial charge >= 0.3 is 0 Å². The topological polar surface area (TPSA) is 0 Å². The molecule has 0 heterocycles. The van der Waals surface area contributed by atoms with E-state index in [4.69, 9.17) is 0 Å². The van der Waals surface area contributed by atoms with Gasteiger partial charge in [0.2, 0.25) is 0 Å². The fourth-order valence-corrected chi connectivity index (χ4v) is 1.48. The lowest BCUT2D eigenvalue weighted by Crippen LogP contribution is -1.87. The lowest BCUT2D eigenvalue weighted by molar-refractivity contribution is 0.792. The Bertz CT molecular complexity index is 241. The number of unbranched alkanes of at least 4 members (excludes halogenated alkanes) is 1. The number of allylic oxidation sites excluding steroid dienone is 6. The van der Waals surface area contributed by atoms with E-state index < -0.39 is 0 Å². The highest BCUT2D eigenvalue weighted by atomic mass is 14.0. The Kier molecular flexibility index (Phi) is 8.85. The van der Waals surface area contributed by atoms with Gasteiger partial charge < -0.3 is 0 Å². The van der Waals surface area contributed by atoms with Gasteiger partial charge in [0, 0.05) is 0 Å². The molecule has 0 aliphatic rings. The van der Waals surface area contributed by atoms with E-state index in [2.05, 4.69) is 39.2 Å². The highest BCUT2D eigenvalue weighted by Gasteiger charge is 1.98. The Morgan fingerprint density at radius 3 is 2.33 bits per heavy atom. The van der Waals surface area contributed by atoms with E-state index in [1.165, 1.54) is 24.0 Å². The first-order valence-electron chi connectivity index (χ1n) is 5.91. The third kappa shape index (κ3) is 6.11. The summed E-state index contributed by atoms with van der Waals surface area (Å²) in [6.07, 6.45) is 14.0. The van der Waals surface area contributed by atoms with E-state index in [0.29, 0.717) is 0 Å². The molecule has 0 aromatic heterocycles. The smallest absolute Gasteiger partial charge is 0.00975 e. The molecule has 0 rings (SSSR count). The molecule has 0 radical (unpaired) electrons. The van der Waals surface area contributed by atoms with Crippen molar-refractivity contribution in [2.24, 2.45) is 0 Å². The molecule has 0 amide bonds. The van der Waals surface area contributed by atoms with Crippen LogP contribution in [-0.2, 0) is 0 Å². The Labute approximate surface area is 95.1 Å². The molecule has 0 heteroatoms. The van der Waals surface area contributed by atoms with Crippen molar-refractivity contribution in [3.63, 3.8) is 0 Å². The Hall–Kier alpha value is -1.04. The molecule has 0 N–H and O–H groups in total. The molecule has 0 nitrogen and oxygen atoms in total. The molecule has 0 saturated heterocycles. The minimum atomic E-state index is 0.946. The van der Waals surface area contributed by atoms with Gasteiger partial charge in [-0.1, -0.05) is 51.2 Å². The van der Waals surface area contributed by atoms with Crippen molar-refractivity contribution in [1.82, 2.24) is 0 Å². The van der Waals surface area contributed by atoms with Crippen LogP contribution in [0.1, 0.15) is 46.0 Å². The molecule has 0 bridgehead atoms. The fourth-order valence-electron chi connectivity index (χ4n) is 1.48. The number of hydrogen-bond donors (Lipinski definition) is 0. The molecule has 0 spiro atoms. The van der Waals surface area contributed by atoms with Crippen molar-refractivity contribution >= 4 is 0 Å². The van der Waals surface area contributed by atoms with E-state index in [1.54, 1.807) is 0 Å². The van der Waals surface area contributed by atoms with Gasteiger partial charge in [-0.15, -0.1) is 6.58 Å². The van der Waals surface area contributed by atoms with Crippen LogP contribution in [0.5, 0.6) is 0 Å². The first kappa shape index (κ1) is 14.0. The largest absolute Gasteiger partial charge is 0.103 e. The summed E-state index contributed by atoms with van der Waals surface area (Å²) >= 11 is 0. The maximum atomic E-state index is 3.90. The van der Waals surface area contributed by atoms with Gasteiger partial charge in [-0.05, 0) is 36.8 Å². The van der Waals surface area contributed by atoms with Gasteiger partial charge in [0.15, 0.2) is 0 Å². The Morgan fingerprint density at radius 1 is 1.13 bits per heavy atom. The van der Waals surface area contributed by atoms with E-state index >= 15 is 0 Å². The van der Waals surface area contributed by atoms with Crippen LogP contribution in [0.2, 0.25) is 0 Å². The van der Waals surface area contributed by atoms with Gasteiger partial charge in [0.1, 0.15) is 0 Å². The van der Waals surface area contributed by atoms with Crippen molar-refractivity contribution in [3.05, 3.63) is 48.6 Å². The highest BCUT2D eigenvalue weighted by Crippen LogP contribution is 2.18. The van der Waals surface area contributed by atoms with E-state index in [-0.39, 0.29) is 0 Å². The maximum absolute atomic E-state index is 3.90. The predicted molar refractivity (Wildman–Crippen MR) is 71.0 cm³/mol. The zero-order valence-electron chi connectivity index (χ0n) is 10.3. The van der Waals surface area contributed by atoms with E-state index in [1.807, 2.05) is 12.2 Å². The summed E-state index contributed by atoms with van der Waals surface area (Å²) in [6.45, 7) is 12.1. The van der Waals surface area contributed by atoms with Crippen LogP contribution in [0.4, 0.5) is 0 Å². The minimum absolute atomic E-state index is 0.946. The van der Waals surface area contributed by atoms with Gasteiger partial charge in [0.05, 0.1) is 0 Å². The lowest BCUT2D eigenvalue weighted by atomic mass is 9.99. The van der Waals surface area contributed by atoms with Gasteiger partial charge in [-0.25, -0.2) is 0 Å². The normalized spacial score (nSPS) is 12.7. The number of hydrogen-bond acceptors (Lipinski definition) is 0. The molecule has 0 aromatic carbocycles. The second-order valence-electron chi connectivity index (χ2n) is 3.66. The SMILES string of the molecule is C=CCC(C=CCC)=C(C=C)CCCC. The zero-order valence-corrected chi connectivity index (χ0v) is 10.3. The molecule has 0 aliphatic heterocycles. The molecule has 0 atom stereocenters. The molecule has 0 saturated carbocycles. The van der Waals surface area contributed by atoms with Crippen molar-refractivity contribution < 1.29 is 0 Å². The molecule has 0 aliphatic carbocycles. The van der Waals surface area contributed by atoms with Crippen LogP contribution < -0.4 is 0 Å². The van der Waals surface area contributed by atoms with Gasteiger partial charge in [0.25, 0.3) is 0 Å². The second-order valence-corrected chi connectivity index (χ2v) is 3.66. The number of rotatable bonds is 8. The van der Waals surface area contributed by atoms with Crippen molar-refractivity contribution in [1.29, 1.82) is 0 Å². The lowest BCUT2D eigenvalue weighted by Gasteiger charge is -2.07. The molecule has 0 aromatic rings. The van der Waals surface area contributed by atoms with Crippen LogP contribution in [0.3, 0.4) is 0 Å². The summed E-state index contributed by atoms with van der Waals surface area (Å²) < 4.78 is 0. The average Bonchev–Trinajstić information content (AvgIpc) is 2.26. The Balaban J connectivity index is 4.72. The van der Waals surface area contributed by atoms with Crippen LogP contribution >= 0.6 is 0 Å². The predicted octanol–water partition coefficient (Wildman–Crippen LogP) is 5.20. The van der Waals surface area contributed by atoms with E-state index in [9.17, 15) is 0 Å². The van der Waals surface area contributed by atoms with Crippen LogP contribution in [-0.4, -0.2) is 0 Å². The monoisotopic (exact) mass is 204 g/mol. The van der Waals surface area contributed by atoms with Gasteiger partial charge in [-0.2, -0.15) is 0 Å². The molecule has 0 unspecified atom stereocenters. The van der Waals surface area contributed by atoms with E-state index in [0.717, 1.165) is 19.3 Å². The van der Waals surface area contributed by atoms with Crippen molar-refractivity contribution in [3.8, 4) is 0 Å². The quantitative estimate of drug-likeness (QED) is 0.376. The Morgan fingerprint density at radius 2 is 1.87 bits per heavy atom. The van der Waals surface area contributed by atoms with Crippen LogP contribution in [0.25, 0.3) is 0 Å². The summed E-state index contributed by atoms with van der Waals surface area (Å²) in [5, 5.41) is 0. The molecule has 15 heavy (non-hydrogen) atoms. The first-order chi connectivity index (χ1) is 7.29. The summed E-state index contributed by atoms with van der Waals surface area (Å²) in [5.74, 6) is 0. The maximum Gasteiger partial charge on any atom is -0.00975 e. The molecular formula is C15H24. The summed E-state index contributed by atoms with van der Waals surface area (Å²) in [7, 11) is 0. The van der Waals surface area contributed by atoms with Gasteiger partial charge in [-0.3, -0.25) is 0 Å². The molecule has 84 valence electrons. The first-order valence-corrected chi connectivity index (χ1v) is 5.91. The van der Waals surface area contributed by atoms with Crippen molar-refractivity contribution in [2.45, 2.75) is 46.0 Å².